The lowest BCUT2D eigenvalue weighted by molar-refractivity contribution is -0.274. The number of hydrogen-bond donors (Lipinski definition) is 1. The highest BCUT2D eigenvalue weighted by molar-refractivity contribution is 5.31. The second kappa shape index (κ2) is 5.13. The average Bonchev–Trinajstić information content (AvgIpc) is 2.70. The third-order valence-corrected chi connectivity index (χ3v) is 3.81. The van der Waals surface area contributed by atoms with Crippen LogP contribution in [0.4, 0.5) is 13.2 Å². The Morgan fingerprint density at radius 1 is 1.15 bits per heavy atom. The highest BCUT2D eigenvalue weighted by atomic mass is 19.4. The Bertz CT molecular complexity index is 507. The summed E-state index contributed by atoms with van der Waals surface area (Å²) in [5.41, 5.74) is 2.40. The zero-order valence-corrected chi connectivity index (χ0v) is 10.9. The highest BCUT2D eigenvalue weighted by Crippen LogP contribution is 2.29. The molecule has 1 fully saturated rings. The zero-order valence-electron chi connectivity index (χ0n) is 10.9. The van der Waals surface area contributed by atoms with E-state index in [1.165, 1.54) is 30.5 Å². The Labute approximate surface area is 115 Å². The molecule has 0 amide bonds. The summed E-state index contributed by atoms with van der Waals surface area (Å²) in [6.07, 6.45) is 1.88. The van der Waals surface area contributed by atoms with Crippen LogP contribution in [0.25, 0.3) is 0 Å². The minimum atomic E-state index is -4.63. The fourth-order valence-electron chi connectivity index (χ4n) is 3.01. The van der Waals surface area contributed by atoms with Crippen LogP contribution >= 0.6 is 0 Å². The summed E-state index contributed by atoms with van der Waals surface area (Å²) in [7, 11) is 0. The van der Waals surface area contributed by atoms with Crippen LogP contribution in [0.5, 0.6) is 5.75 Å². The van der Waals surface area contributed by atoms with Crippen LogP contribution in [0.15, 0.2) is 35.9 Å². The van der Waals surface area contributed by atoms with Gasteiger partial charge in [-0.1, -0.05) is 23.8 Å². The number of alkyl halides is 3. The molecule has 2 heterocycles. The van der Waals surface area contributed by atoms with Crippen molar-refractivity contribution < 1.29 is 17.9 Å². The Hall–Kier alpha value is -1.49. The van der Waals surface area contributed by atoms with E-state index < -0.39 is 6.36 Å². The van der Waals surface area contributed by atoms with E-state index in [0.717, 1.165) is 18.4 Å². The number of ether oxygens (including phenoxy) is 1. The molecule has 1 aromatic carbocycles. The second-order valence-electron chi connectivity index (χ2n) is 5.45. The molecular formula is C15H16F3NO. The Kier molecular flexibility index (Phi) is 3.46. The molecule has 0 spiro atoms. The third-order valence-electron chi connectivity index (χ3n) is 3.81. The fraction of sp³-hybridized carbons (Fsp3) is 0.467. The summed E-state index contributed by atoms with van der Waals surface area (Å²) in [5.74, 6) is -0.166. The van der Waals surface area contributed by atoms with Crippen LogP contribution < -0.4 is 10.1 Å². The maximum absolute atomic E-state index is 12.1. The molecule has 2 nitrogen and oxygen atoms in total. The average molecular weight is 283 g/mol. The molecule has 20 heavy (non-hydrogen) atoms. The van der Waals surface area contributed by atoms with E-state index in [0.29, 0.717) is 12.1 Å². The van der Waals surface area contributed by atoms with Crippen molar-refractivity contribution in [1.29, 1.82) is 0 Å². The molecule has 0 radical (unpaired) electrons. The quantitative estimate of drug-likeness (QED) is 0.856. The Morgan fingerprint density at radius 3 is 2.55 bits per heavy atom. The molecule has 0 aliphatic carbocycles. The summed E-state index contributed by atoms with van der Waals surface area (Å²) in [6, 6.07) is 7.21. The van der Waals surface area contributed by atoms with Gasteiger partial charge in [0, 0.05) is 12.1 Å². The molecule has 1 N–H and O–H groups in total. The van der Waals surface area contributed by atoms with Gasteiger partial charge in [0.25, 0.3) is 0 Å². The van der Waals surface area contributed by atoms with Crippen LogP contribution in [0, 0.1) is 0 Å². The monoisotopic (exact) mass is 283 g/mol. The van der Waals surface area contributed by atoms with E-state index in [1.54, 1.807) is 12.1 Å². The molecule has 108 valence electrons. The number of hydrogen-bond acceptors (Lipinski definition) is 2. The topological polar surface area (TPSA) is 21.3 Å². The normalized spacial score (nSPS) is 25.4. The summed E-state index contributed by atoms with van der Waals surface area (Å²) in [5, 5.41) is 3.52. The molecule has 2 atom stereocenters. The van der Waals surface area contributed by atoms with Gasteiger partial charge in [-0.15, -0.1) is 13.2 Å². The van der Waals surface area contributed by atoms with Crippen molar-refractivity contribution in [2.45, 2.75) is 44.1 Å². The second-order valence-corrected chi connectivity index (χ2v) is 5.45. The minimum absolute atomic E-state index is 0.166. The van der Waals surface area contributed by atoms with Crippen LogP contribution in [-0.2, 0) is 6.42 Å². The summed E-state index contributed by atoms with van der Waals surface area (Å²) >= 11 is 0. The van der Waals surface area contributed by atoms with E-state index in [2.05, 4.69) is 16.1 Å². The molecule has 2 aliphatic rings. The zero-order chi connectivity index (χ0) is 14.2. The molecule has 2 bridgehead atoms. The van der Waals surface area contributed by atoms with E-state index in [1.807, 2.05) is 0 Å². The maximum Gasteiger partial charge on any atom is 0.573 e. The number of nitrogens with one attached hydrogen (secondary N) is 1. The van der Waals surface area contributed by atoms with Gasteiger partial charge >= 0.3 is 6.36 Å². The van der Waals surface area contributed by atoms with Crippen molar-refractivity contribution in [3.63, 3.8) is 0 Å². The van der Waals surface area contributed by atoms with E-state index in [-0.39, 0.29) is 5.75 Å². The minimum Gasteiger partial charge on any atom is -0.406 e. The molecule has 5 heteroatoms. The van der Waals surface area contributed by atoms with Gasteiger partial charge in [-0.2, -0.15) is 0 Å². The smallest absolute Gasteiger partial charge is 0.406 e. The molecular weight excluding hydrogens is 267 g/mol. The molecule has 2 unspecified atom stereocenters. The van der Waals surface area contributed by atoms with Gasteiger partial charge < -0.3 is 10.1 Å². The van der Waals surface area contributed by atoms with Crippen molar-refractivity contribution >= 4 is 0 Å². The first kappa shape index (κ1) is 13.5. The van der Waals surface area contributed by atoms with Crippen LogP contribution in [0.1, 0.15) is 24.8 Å². The van der Waals surface area contributed by atoms with Gasteiger partial charge in [-0.05, 0) is 43.4 Å². The molecule has 0 saturated carbocycles. The first-order valence-corrected chi connectivity index (χ1v) is 6.78. The fourth-order valence-corrected chi connectivity index (χ4v) is 3.01. The van der Waals surface area contributed by atoms with Crippen LogP contribution in [-0.4, -0.2) is 18.4 Å². The van der Waals surface area contributed by atoms with Gasteiger partial charge in [0.2, 0.25) is 0 Å². The maximum atomic E-state index is 12.1. The van der Waals surface area contributed by atoms with Gasteiger partial charge in [-0.25, -0.2) is 0 Å². The number of fused-ring (bicyclic) bond motifs is 2. The van der Waals surface area contributed by atoms with Crippen molar-refractivity contribution in [3.05, 3.63) is 41.5 Å². The number of halogens is 3. The Morgan fingerprint density at radius 2 is 1.90 bits per heavy atom. The van der Waals surface area contributed by atoms with Crippen molar-refractivity contribution in [1.82, 2.24) is 5.32 Å². The molecule has 1 aromatic rings. The molecule has 1 saturated heterocycles. The van der Waals surface area contributed by atoms with Gasteiger partial charge in [0.05, 0.1) is 0 Å². The van der Waals surface area contributed by atoms with E-state index >= 15 is 0 Å². The summed E-state index contributed by atoms with van der Waals surface area (Å²) in [6.45, 7) is 0. The van der Waals surface area contributed by atoms with Gasteiger partial charge in [-0.3, -0.25) is 0 Å². The molecule has 2 aliphatic heterocycles. The third kappa shape index (κ3) is 3.33. The lowest BCUT2D eigenvalue weighted by Gasteiger charge is -2.21. The lowest BCUT2D eigenvalue weighted by atomic mass is 9.96. The largest absolute Gasteiger partial charge is 0.573 e. The first-order valence-electron chi connectivity index (χ1n) is 6.78. The first-order chi connectivity index (χ1) is 9.48. The van der Waals surface area contributed by atoms with Gasteiger partial charge in [0.1, 0.15) is 5.75 Å². The summed E-state index contributed by atoms with van der Waals surface area (Å²) < 4.78 is 40.1. The van der Waals surface area contributed by atoms with E-state index in [4.69, 9.17) is 0 Å². The number of benzene rings is 1. The lowest BCUT2D eigenvalue weighted by Crippen LogP contribution is -2.32. The van der Waals surface area contributed by atoms with Crippen molar-refractivity contribution in [2.24, 2.45) is 0 Å². The van der Waals surface area contributed by atoms with Crippen LogP contribution in [0.3, 0.4) is 0 Å². The van der Waals surface area contributed by atoms with Crippen molar-refractivity contribution in [2.75, 3.05) is 0 Å². The molecule has 0 aromatic heterocycles. The SMILES string of the molecule is FC(F)(F)Oc1ccc(CC2=CC3CCC(C2)N3)cc1. The Balaban J connectivity index is 1.64. The van der Waals surface area contributed by atoms with Gasteiger partial charge in [0.15, 0.2) is 0 Å². The number of rotatable bonds is 3. The molecule has 3 rings (SSSR count). The predicted molar refractivity (Wildman–Crippen MR) is 69.5 cm³/mol. The summed E-state index contributed by atoms with van der Waals surface area (Å²) in [4.78, 5) is 0. The standard InChI is InChI=1S/C15H16F3NO/c16-15(17,18)20-14-5-1-10(2-6-14)7-11-8-12-3-4-13(9-11)19-12/h1-2,5-6,8,12-13,19H,3-4,7,9H2. The van der Waals surface area contributed by atoms with Crippen molar-refractivity contribution in [3.8, 4) is 5.75 Å². The van der Waals surface area contributed by atoms with E-state index in [9.17, 15) is 13.2 Å². The highest BCUT2D eigenvalue weighted by Gasteiger charge is 2.31. The predicted octanol–water partition coefficient (Wildman–Crippen LogP) is 3.58. The van der Waals surface area contributed by atoms with Crippen LogP contribution in [0.2, 0.25) is 0 Å².